The van der Waals surface area contributed by atoms with E-state index in [1.165, 1.54) is 32.1 Å². The average molecular weight is 448 g/mol. The number of aliphatic imine (C=N–C) groups is 1. The van der Waals surface area contributed by atoms with Crippen molar-refractivity contribution in [3.05, 3.63) is 0 Å². The minimum Gasteiger partial charge on any atom is -0.357 e. The van der Waals surface area contributed by atoms with Crippen LogP contribution in [0, 0.1) is 11.3 Å². The van der Waals surface area contributed by atoms with Crippen LogP contribution in [-0.2, 0) is 4.79 Å². The molecule has 0 spiro atoms. The minimum absolute atomic E-state index is 0. The fraction of sp³-hybridized carbons (Fsp3) is 0.889. The third-order valence-electron chi connectivity index (χ3n) is 5.87. The van der Waals surface area contributed by atoms with Crippen molar-refractivity contribution in [1.29, 1.82) is 0 Å². The SMILES string of the molecule is CCNC(=NCC1(C2CC2)CCC1)NC1CCN(C(=O)CC)C1.I. The molecule has 1 unspecified atom stereocenters. The molecule has 1 atom stereocenters. The molecule has 1 amide bonds. The van der Waals surface area contributed by atoms with Gasteiger partial charge in [-0.1, -0.05) is 13.3 Å². The van der Waals surface area contributed by atoms with Crippen molar-refractivity contribution in [2.45, 2.75) is 64.8 Å². The van der Waals surface area contributed by atoms with Gasteiger partial charge in [0.1, 0.15) is 0 Å². The lowest BCUT2D eigenvalue weighted by Crippen LogP contribution is -2.46. The number of guanidine groups is 1. The van der Waals surface area contributed by atoms with Crippen LogP contribution >= 0.6 is 24.0 Å². The van der Waals surface area contributed by atoms with Crippen LogP contribution in [0.4, 0.5) is 0 Å². The molecule has 1 aliphatic heterocycles. The molecule has 2 saturated carbocycles. The summed E-state index contributed by atoms with van der Waals surface area (Å²) >= 11 is 0. The van der Waals surface area contributed by atoms with Gasteiger partial charge in [0.05, 0.1) is 0 Å². The Balaban J connectivity index is 0.00000208. The minimum atomic E-state index is 0. The van der Waals surface area contributed by atoms with Gasteiger partial charge in [-0.25, -0.2) is 0 Å². The van der Waals surface area contributed by atoms with E-state index in [-0.39, 0.29) is 29.9 Å². The number of amides is 1. The van der Waals surface area contributed by atoms with E-state index < -0.39 is 0 Å². The molecule has 2 N–H and O–H groups in total. The van der Waals surface area contributed by atoms with E-state index in [0.29, 0.717) is 17.9 Å². The van der Waals surface area contributed by atoms with Gasteiger partial charge < -0.3 is 15.5 Å². The molecule has 24 heavy (non-hydrogen) atoms. The summed E-state index contributed by atoms with van der Waals surface area (Å²) in [6, 6.07) is 0.335. The number of rotatable bonds is 6. The van der Waals surface area contributed by atoms with E-state index in [0.717, 1.165) is 44.5 Å². The van der Waals surface area contributed by atoms with Gasteiger partial charge in [-0.15, -0.1) is 24.0 Å². The van der Waals surface area contributed by atoms with Gasteiger partial charge in [0.2, 0.25) is 5.91 Å². The van der Waals surface area contributed by atoms with Crippen LogP contribution in [0.15, 0.2) is 4.99 Å². The fourth-order valence-electron chi connectivity index (χ4n) is 4.10. The molecule has 3 rings (SSSR count). The Kier molecular flexibility index (Phi) is 7.19. The largest absolute Gasteiger partial charge is 0.357 e. The number of hydrogen-bond acceptors (Lipinski definition) is 2. The number of halogens is 1. The maximum Gasteiger partial charge on any atom is 0.222 e. The van der Waals surface area contributed by atoms with E-state index in [9.17, 15) is 4.79 Å². The lowest BCUT2D eigenvalue weighted by Gasteiger charge is -2.41. The molecular weight excluding hydrogens is 415 g/mol. The standard InChI is InChI=1S/C18H32N4O.HI/c1-3-16(23)22-11-8-15(12-22)21-17(19-4-2)20-13-18(9-5-10-18)14-6-7-14;/h14-15H,3-13H2,1-2H3,(H2,19,20,21);1H. The lowest BCUT2D eigenvalue weighted by molar-refractivity contribution is -0.129. The summed E-state index contributed by atoms with van der Waals surface area (Å²) in [6.07, 6.45) is 8.55. The third-order valence-corrected chi connectivity index (χ3v) is 5.87. The monoisotopic (exact) mass is 448 g/mol. The van der Waals surface area contributed by atoms with E-state index in [1.807, 2.05) is 11.8 Å². The van der Waals surface area contributed by atoms with Crippen molar-refractivity contribution < 1.29 is 4.79 Å². The second-order valence-electron chi connectivity index (χ2n) is 7.51. The van der Waals surface area contributed by atoms with Gasteiger partial charge in [-0.2, -0.15) is 0 Å². The number of carbonyl (C=O) groups excluding carboxylic acids is 1. The molecule has 5 nitrogen and oxygen atoms in total. The Labute approximate surface area is 163 Å². The Morgan fingerprint density at radius 1 is 1.25 bits per heavy atom. The highest BCUT2D eigenvalue weighted by Crippen LogP contribution is 2.57. The summed E-state index contributed by atoms with van der Waals surface area (Å²) in [5.41, 5.74) is 0.516. The molecule has 6 heteroatoms. The van der Waals surface area contributed by atoms with Crippen LogP contribution in [0.5, 0.6) is 0 Å². The van der Waals surface area contributed by atoms with Gasteiger partial charge in [0.15, 0.2) is 5.96 Å². The van der Waals surface area contributed by atoms with Gasteiger partial charge in [-0.3, -0.25) is 9.79 Å². The van der Waals surface area contributed by atoms with E-state index in [4.69, 9.17) is 4.99 Å². The molecule has 0 aromatic carbocycles. The van der Waals surface area contributed by atoms with Gasteiger partial charge in [-0.05, 0) is 50.4 Å². The van der Waals surface area contributed by atoms with Crippen molar-refractivity contribution in [1.82, 2.24) is 15.5 Å². The Hall–Kier alpha value is -0.530. The molecule has 0 radical (unpaired) electrons. The summed E-state index contributed by atoms with van der Waals surface area (Å²) in [5.74, 6) is 2.14. The summed E-state index contributed by atoms with van der Waals surface area (Å²) in [6.45, 7) is 7.58. The zero-order valence-corrected chi connectivity index (χ0v) is 17.5. The van der Waals surface area contributed by atoms with Crippen molar-refractivity contribution in [3.63, 3.8) is 0 Å². The number of carbonyl (C=O) groups is 1. The quantitative estimate of drug-likeness (QED) is 0.373. The highest BCUT2D eigenvalue weighted by atomic mass is 127. The van der Waals surface area contributed by atoms with Crippen LogP contribution in [0.2, 0.25) is 0 Å². The van der Waals surface area contributed by atoms with Crippen molar-refractivity contribution >= 4 is 35.8 Å². The number of likely N-dealkylation sites (tertiary alicyclic amines) is 1. The number of nitrogens with zero attached hydrogens (tertiary/aromatic N) is 2. The fourth-order valence-corrected chi connectivity index (χ4v) is 4.10. The number of hydrogen-bond donors (Lipinski definition) is 2. The molecule has 1 saturated heterocycles. The molecule has 3 aliphatic rings. The van der Waals surface area contributed by atoms with E-state index in [2.05, 4.69) is 17.6 Å². The topological polar surface area (TPSA) is 56.7 Å². The van der Waals surface area contributed by atoms with Crippen LogP contribution in [0.3, 0.4) is 0 Å². The first-order valence-electron chi connectivity index (χ1n) is 9.49. The van der Waals surface area contributed by atoms with Crippen LogP contribution in [-0.4, -0.2) is 49.0 Å². The molecular formula is C18H33IN4O. The first-order valence-corrected chi connectivity index (χ1v) is 9.49. The van der Waals surface area contributed by atoms with Gasteiger partial charge in [0.25, 0.3) is 0 Å². The summed E-state index contributed by atoms with van der Waals surface area (Å²) in [4.78, 5) is 18.7. The molecule has 0 aromatic heterocycles. The predicted octanol–water partition coefficient (Wildman–Crippen LogP) is 2.75. The Morgan fingerprint density at radius 3 is 2.54 bits per heavy atom. The molecule has 0 aromatic rings. The van der Waals surface area contributed by atoms with Crippen LogP contribution in [0.1, 0.15) is 58.8 Å². The van der Waals surface area contributed by atoms with Crippen molar-refractivity contribution in [3.8, 4) is 0 Å². The van der Waals surface area contributed by atoms with Crippen molar-refractivity contribution in [2.24, 2.45) is 16.3 Å². The maximum absolute atomic E-state index is 11.8. The molecule has 3 fully saturated rings. The van der Waals surface area contributed by atoms with E-state index >= 15 is 0 Å². The highest BCUT2D eigenvalue weighted by molar-refractivity contribution is 14.0. The van der Waals surface area contributed by atoms with Crippen LogP contribution < -0.4 is 10.6 Å². The maximum atomic E-state index is 11.8. The Bertz CT molecular complexity index is 460. The van der Waals surface area contributed by atoms with Crippen LogP contribution in [0.25, 0.3) is 0 Å². The van der Waals surface area contributed by atoms with Gasteiger partial charge >= 0.3 is 0 Å². The van der Waals surface area contributed by atoms with E-state index in [1.54, 1.807) is 0 Å². The summed E-state index contributed by atoms with van der Waals surface area (Å²) < 4.78 is 0. The zero-order chi connectivity index (χ0) is 16.3. The number of nitrogens with one attached hydrogen (secondary N) is 2. The normalized spacial score (nSPS) is 25.7. The van der Waals surface area contributed by atoms with Crippen molar-refractivity contribution in [2.75, 3.05) is 26.2 Å². The molecule has 2 aliphatic carbocycles. The first kappa shape index (κ1) is 19.8. The molecule has 0 bridgehead atoms. The molecule has 138 valence electrons. The second-order valence-corrected chi connectivity index (χ2v) is 7.51. The zero-order valence-electron chi connectivity index (χ0n) is 15.1. The third kappa shape index (κ3) is 4.55. The summed E-state index contributed by atoms with van der Waals surface area (Å²) in [7, 11) is 0. The Morgan fingerprint density at radius 2 is 2.00 bits per heavy atom. The first-order chi connectivity index (χ1) is 11.2. The summed E-state index contributed by atoms with van der Waals surface area (Å²) in [5, 5.41) is 6.93. The molecule has 1 heterocycles. The second kappa shape index (κ2) is 8.72. The predicted molar refractivity (Wildman–Crippen MR) is 109 cm³/mol. The highest BCUT2D eigenvalue weighted by Gasteiger charge is 2.48. The van der Waals surface area contributed by atoms with Gasteiger partial charge in [0, 0.05) is 38.6 Å². The smallest absolute Gasteiger partial charge is 0.222 e. The average Bonchev–Trinajstić information content (AvgIpc) is 3.25. The lowest BCUT2D eigenvalue weighted by atomic mass is 9.65.